The minimum atomic E-state index is -4.40. The molecule has 4 atom stereocenters. The number of rotatable bonds is 7. The lowest BCUT2D eigenvalue weighted by atomic mass is 9.96. The number of carbonyl (C=O) groups is 1. The number of pyridine rings is 1. The Balaban J connectivity index is 1.40. The van der Waals surface area contributed by atoms with E-state index in [1.807, 2.05) is 6.92 Å². The molecule has 0 saturated carbocycles. The Hall–Kier alpha value is -3.02. The predicted octanol–water partition coefficient (Wildman–Crippen LogP) is 4.06. The number of aliphatic carboxylic acids is 1. The maximum Gasteiger partial charge on any atom is 0.393 e. The number of carboxylic acid groups (broad SMARTS) is 1. The van der Waals surface area contributed by atoms with Crippen molar-refractivity contribution in [2.75, 3.05) is 36.5 Å². The Morgan fingerprint density at radius 1 is 1.19 bits per heavy atom. The van der Waals surface area contributed by atoms with Crippen molar-refractivity contribution in [2.24, 2.45) is 11.8 Å². The van der Waals surface area contributed by atoms with Gasteiger partial charge in [0.05, 0.1) is 48.7 Å². The zero-order valence-corrected chi connectivity index (χ0v) is 20.5. The van der Waals surface area contributed by atoms with Crippen LogP contribution < -0.4 is 19.3 Å². The van der Waals surface area contributed by atoms with Gasteiger partial charge < -0.3 is 24.4 Å². The predicted molar refractivity (Wildman–Crippen MR) is 126 cm³/mol. The van der Waals surface area contributed by atoms with Gasteiger partial charge in [0.1, 0.15) is 11.9 Å². The second kappa shape index (κ2) is 10.5. The van der Waals surface area contributed by atoms with Crippen LogP contribution >= 0.6 is 11.6 Å². The van der Waals surface area contributed by atoms with E-state index in [0.717, 1.165) is 5.69 Å². The van der Waals surface area contributed by atoms with E-state index in [4.69, 9.17) is 26.2 Å². The van der Waals surface area contributed by atoms with Gasteiger partial charge >= 0.3 is 12.1 Å². The van der Waals surface area contributed by atoms with Gasteiger partial charge in [0, 0.05) is 44.1 Å². The van der Waals surface area contributed by atoms with Crippen LogP contribution in [0.3, 0.4) is 0 Å². The number of halogens is 4. The average Bonchev–Trinajstić information content (AvgIpc) is 3.25. The number of hydrogen-bond acceptors (Lipinski definition) is 8. The van der Waals surface area contributed by atoms with Gasteiger partial charge in [-0.05, 0) is 6.42 Å². The number of alkyl halides is 3. The minimum Gasteiger partial charge on any atom is -0.481 e. The minimum absolute atomic E-state index is 0.113. The van der Waals surface area contributed by atoms with Crippen LogP contribution in [0.4, 0.5) is 24.7 Å². The Labute approximate surface area is 211 Å². The molecule has 2 aliphatic rings. The number of piperidine rings is 1. The van der Waals surface area contributed by atoms with E-state index in [-0.39, 0.29) is 36.7 Å². The first-order valence-corrected chi connectivity index (χ1v) is 11.9. The Morgan fingerprint density at radius 3 is 2.56 bits per heavy atom. The average molecular weight is 530 g/mol. The van der Waals surface area contributed by atoms with Crippen LogP contribution in [0.2, 0.25) is 5.02 Å². The summed E-state index contributed by atoms with van der Waals surface area (Å²) in [5.74, 6) is -1.73. The van der Waals surface area contributed by atoms with Gasteiger partial charge in [0.15, 0.2) is 0 Å². The molecule has 2 aromatic rings. The molecule has 196 valence electrons. The fourth-order valence-corrected chi connectivity index (χ4v) is 5.01. The van der Waals surface area contributed by atoms with Crippen LogP contribution in [0.25, 0.3) is 0 Å². The molecule has 4 rings (SSSR count). The number of ether oxygens (including phenoxy) is 2. The highest BCUT2D eigenvalue weighted by Crippen LogP contribution is 2.39. The highest BCUT2D eigenvalue weighted by molar-refractivity contribution is 6.33. The lowest BCUT2D eigenvalue weighted by Gasteiger charge is -2.38. The monoisotopic (exact) mass is 529 g/mol. The molecule has 0 spiro atoms. The molecular formula is C23H27ClF3N5O4. The van der Waals surface area contributed by atoms with Gasteiger partial charge in [0.2, 0.25) is 11.8 Å². The molecule has 0 aliphatic carbocycles. The normalized spacial score (nSPS) is 24.6. The lowest BCUT2D eigenvalue weighted by molar-refractivity contribution is -0.169. The molecule has 0 bridgehead atoms. The zero-order chi connectivity index (χ0) is 26.0. The molecule has 2 aromatic heterocycles. The highest BCUT2D eigenvalue weighted by atomic mass is 35.5. The molecule has 2 saturated heterocycles. The Bertz CT molecular complexity index is 1070. The summed E-state index contributed by atoms with van der Waals surface area (Å²) >= 11 is 6.33. The SMILES string of the molecule is COc1cc(N2CC[C@@H](Oc3cnc(N4C[C@H](C(F)(F)F)C[C@H]4CC(=O)O)cn3)[C@H](C)C2)c(Cl)cn1. The highest BCUT2D eigenvalue weighted by Gasteiger charge is 2.48. The zero-order valence-electron chi connectivity index (χ0n) is 19.8. The summed E-state index contributed by atoms with van der Waals surface area (Å²) in [5, 5.41) is 9.66. The number of carboxylic acids is 1. The van der Waals surface area contributed by atoms with Crippen molar-refractivity contribution < 1.29 is 32.5 Å². The van der Waals surface area contributed by atoms with Crippen LogP contribution in [-0.4, -0.2) is 71.1 Å². The van der Waals surface area contributed by atoms with Gasteiger partial charge in [-0.1, -0.05) is 18.5 Å². The van der Waals surface area contributed by atoms with Crippen LogP contribution in [0.1, 0.15) is 26.2 Å². The molecule has 2 aliphatic heterocycles. The summed E-state index contributed by atoms with van der Waals surface area (Å²) in [5.41, 5.74) is 0.830. The summed E-state index contributed by atoms with van der Waals surface area (Å²) in [6.07, 6.45) is -0.300. The van der Waals surface area contributed by atoms with Crippen molar-refractivity contribution in [1.29, 1.82) is 0 Å². The molecular weight excluding hydrogens is 503 g/mol. The molecule has 9 nitrogen and oxygen atoms in total. The second-order valence-electron chi connectivity index (χ2n) is 9.14. The largest absolute Gasteiger partial charge is 0.481 e. The van der Waals surface area contributed by atoms with Gasteiger partial charge in [-0.15, -0.1) is 0 Å². The van der Waals surface area contributed by atoms with Crippen molar-refractivity contribution in [2.45, 2.75) is 44.5 Å². The van der Waals surface area contributed by atoms with E-state index < -0.39 is 30.5 Å². The third-order valence-electron chi connectivity index (χ3n) is 6.65. The molecule has 0 amide bonds. The summed E-state index contributed by atoms with van der Waals surface area (Å²) < 4.78 is 51.0. The molecule has 0 unspecified atom stereocenters. The molecule has 1 N–H and O–H groups in total. The number of methoxy groups -OCH3 is 1. The number of aromatic nitrogens is 3. The first-order valence-electron chi connectivity index (χ1n) is 11.5. The Kier molecular flexibility index (Phi) is 7.62. The fraction of sp³-hybridized carbons (Fsp3) is 0.565. The van der Waals surface area contributed by atoms with Crippen LogP contribution in [-0.2, 0) is 4.79 Å². The standard InChI is InChI=1S/C23H27ClF3N5O4/c1-13-11-31(17-7-20(35-2)29-8-16(17)24)4-3-18(13)36-21-10-28-19(9-30-21)32-12-14(23(25,26)27)5-15(32)6-22(33)34/h7-10,13-15,18H,3-6,11-12H2,1-2H3,(H,33,34)/t13-,14-,15+,18-/m1/s1. The Morgan fingerprint density at radius 2 is 1.94 bits per heavy atom. The van der Waals surface area contributed by atoms with Gasteiger partial charge in [-0.25, -0.2) is 15.0 Å². The smallest absolute Gasteiger partial charge is 0.393 e. The van der Waals surface area contributed by atoms with Crippen molar-refractivity contribution in [3.8, 4) is 11.8 Å². The van der Waals surface area contributed by atoms with Crippen molar-refractivity contribution in [3.05, 3.63) is 29.7 Å². The van der Waals surface area contributed by atoms with Crippen molar-refractivity contribution >= 4 is 29.1 Å². The number of anilines is 2. The second-order valence-corrected chi connectivity index (χ2v) is 9.54. The summed E-state index contributed by atoms with van der Waals surface area (Å²) in [6, 6.07) is 0.984. The van der Waals surface area contributed by atoms with Crippen LogP contribution in [0.15, 0.2) is 24.7 Å². The van der Waals surface area contributed by atoms with E-state index >= 15 is 0 Å². The topological polar surface area (TPSA) is 101 Å². The van der Waals surface area contributed by atoms with Crippen LogP contribution in [0, 0.1) is 11.8 Å². The molecule has 36 heavy (non-hydrogen) atoms. The van der Waals surface area contributed by atoms with E-state index in [9.17, 15) is 18.0 Å². The van der Waals surface area contributed by atoms with E-state index in [1.54, 1.807) is 19.4 Å². The lowest BCUT2D eigenvalue weighted by Crippen LogP contribution is -2.44. The van der Waals surface area contributed by atoms with Gasteiger partial charge in [-0.2, -0.15) is 13.2 Å². The van der Waals surface area contributed by atoms with Gasteiger partial charge in [-0.3, -0.25) is 4.79 Å². The van der Waals surface area contributed by atoms with E-state index in [2.05, 4.69) is 19.9 Å². The summed E-state index contributed by atoms with van der Waals surface area (Å²) in [6.45, 7) is 3.04. The summed E-state index contributed by atoms with van der Waals surface area (Å²) in [4.78, 5) is 27.3. The van der Waals surface area contributed by atoms with Crippen molar-refractivity contribution in [3.63, 3.8) is 0 Å². The number of hydrogen-bond donors (Lipinski definition) is 1. The summed E-state index contributed by atoms with van der Waals surface area (Å²) in [7, 11) is 1.54. The molecule has 13 heteroatoms. The van der Waals surface area contributed by atoms with E-state index in [1.165, 1.54) is 17.3 Å². The van der Waals surface area contributed by atoms with E-state index in [0.29, 0.717) is 30.4 Å². The maximum atomic E-state index is 13.3. The first kappa shape index (κ1) is 26.1. The van der Waals surface area contributed by atoms with Gasteiger partial charge in [0.25, 0.3) is 0 Å². The maximum absolute atomic E-state index is 13.3. The fourth-order valence-electron chi connectivity index (χ4n) is 4.78. The third kappa shape index (κ3) is 5.85. The molecule has 0 radical (unpaired) electrons. The molecule has 0 aromatic carbocycles. The van der Waals surface area contributed by atoms with Crippen LogP contribution in [0.5, 0.6) is 11.8 Å². The number of nitrogens with zero attached hydrogens (tertiary/aromatic N) is 5. The quantitative estimate of drug-likeness (QED) is 0.569. The molecule has 4 heterocycles. The third-order valence-corrected chi connectivity index (χ3v) is 6.95. The van der Waals surface area contributed by atoms with Crippen molar-refractivity contribution in [1.82, 2.24) is 15.0 Å². The molecule has 2 fully saturated rings. The first-order chi connectivity index (χ1) is 17.0.